The Hall–Kier alpha value is -1.33. The monoisotopic (exact) mass is 265 g/mol. The van der Waals surface area contributed by atoms with Gasteiger partial charge in [-0.3, -0.25) is 0 Å². The molecule has 0 spiro atoms. The number of hydrogen-bond donors (Lipinski definition) is 1. The smallest absolute Gasteiger partial charge is 0.132 e. The molecule has 1 N–H and O–H groups in total. The normalized spacial score (nSPS) is 11.8. The van der Waals surface area contributed by atoms with Crippen LogP contribution in [-0.4, -0.2) is 15.1 Å². The molecular weight excluding hydrogens is 249 g/mol. The van der Waals surface area contributed by atoms with Crippen LogP contribution in [0.2, 0.25) is 0 Å². The summed E-state index contributed by atoms with van der Waals surface area (Å²) < 4.78 is 17.6. The molecule has 0 saturated heterocycles. The standard InChI is InChI=1S/C13H16FN3S/c1-13(2,3)15-8-11-12(16-17-18-11)9-6-4-5-7-10(9)14/h4-7,15H,8H2,1-3H3. The van der Waals surface area contributed by atoms with Crippen LogP contribution in [0.25, 0.3) is 11.3 Å². The van der Waals surface area contributed by atoms with Gasteiger partial charge in [0.2, 0.25) is 0 Å². The van der Waals surface area contributed by atoms with E-state index in [0.29, 0.717) is 17.8 Å². The molecule has 0 aliphatic carbocycles. The first-order valence-electron chi connectivity index (χ1n) is 5.78. The van der Waals surface area contributed by atoms with Gasteiger partial charge in [0.25, 0.3) is 0 Å². The van der Waals surface area contributed by atoms with Crippen molar-refractivity contribution < 1.29 is 4.39 Å². The van der Waals surface area contributed by atoms with Crippen LogP contribution >= 0.6 is 11.5 Å². The Bertz CT molecular complexity index is 531. The largest absolute Gasteiger partial charge is 0.307 e. The zero-order valence-electron chi connectivity index (χ0n) is 10.7. The minimum Gasteiger partial charge on any atom is -0.307 e. The van der Waals surface area contributed by atoms with E-state index in [1.54, 1.807) is 18.2 Å². The second-order valence-corrected chi connectivity index (χ2v) is 5.97. The van der Waals surface area contributed by atoms with Gasteiger partial charge in [0.05, 0.1) is 4.88 Å². The molecule has 3 nitrogen and oxygen atoms in total. The molecule has 0 unspecified atom stereocenters. The highest BCUT2D eigenvalue weighted by molar-refractivity contribution is 7.05. The fourth-order valence-electron chi connectivity index (χ4n) is 1.53. The third-order valence-corrected chi connectivity index (χ3v) is 3.19. The summed E-state index contributed by atoms with van der Waals surface area (Å²) in [4.78, 5) is 0.954. The van der Waals surface area contributed by atoms with Gasteiger partial charge in [0, 0.05) is 17.6 Å². The molecule has 96 valence electrons. The first-order valence-corrected chi connectivity index (χ1v) is 6.56. The topological polar surface area (TPSA) is 37.8 Å². The lowest BCUT2D eigenvalue weighted by molar-refractivity contribution is 0.426. The Morgan fingerprint density at radius 3 is 2.67 bits per heavy atom. The van der Waals surface area contributed by atoms with E-state index in [2.05, 4.69) is 35.7 Å². The van der Waals surface area contributed by atoms with E-state index < -0.39 is 0 Å². The van der Waals surface area contributed by atoms with Crippen molar-refractivity contribution in [1.29, 1.82) is 0 Å². The maximum Gasteiger partial charge on any atom is 0.132 e. The number of hydrogen-bond acceptors (Lipinski definition) is 4. The Morgan fingerprint density at radius 2 is 2.00 bits per heavy atom. The van der Waals surface area contributed by atoms with Crippen molar-refractivity contribution in [3.05, 3.63) is 35.0 Å². The van der Waals surface area contributed by atoms with Gasteiger partial charge in [-0.2, -0.15) is 0 Å². The highest BCUT2D eigenvalue weighted by atomic mass is 32.1. The summed E-state index contributed by atoms with van der Waals surface area (Å²) in [6, 6.07) is 6.65. The van der Waals surface area contributed by atoms with Gasteiger partial charge in [-0.15, -0.1) is 5.10 Å². The van der Waals surface area contributed by atoms with Crippen LogP contribution in [0.5, 0.6) is 0 Å². The summed E-state index contributed by atoms with van der Waals surface area (Å²) in [6.45, 7) is 6.91. The summed E-state index contributed by atoms with van der Waals surface area (Å²) >= 11 is 1.30. The first kappa shape index (κ1) is 13.1. The van der Waals surface area contributed by atoms with Crippen LogP contribution in [0.1, 0.15) is 25.6 Å². The predicted octanol–water partition coefficient (Wildman–Crippen LogP) is 3.23. The molecule has 2 aromatic rings. The van der Waals surface area contributed by atoms with Crippen LogP contribution in [0.4, 0.5) is 4.39 Å². The third kappa shape index (κ3) is 3.11. The van der Waals surface area contributed by atoms with Crippen molar-refractivity contribution >= 4 is 11.5 Å². The average Bonchev–Trinajstić information content (AvgIpc) is 2.74. The zero-order valence-corrected chi connectivity index (χ0v) is 11.5. The van der Waals surface area contributed by atoms with E-state index in [1.807, 2.05) is 0 Å². The second kappa shape index (κ2) is 5.12. The average molecular weight is 265 g/mol. The van der Waals surface area contributed by atoms with E-state index in [4.69, 9.17) is 0 Å². The minimum atomic E-state index is -0.262. The van der Waals surface area contributed by atoms with Crippen molar-refractivity contribution in [3.63, 3.8) is 0 Å². The molecule has 0 aliphatic rings. The van der Waals surface area contributed by atoms with E-state index in [1.165, 1.54) is 17.6 Å². The lowest BCUT2D eigenvalue weighted by atomic mass is 10.1. The fourth-order valence-corrected chi connectivity index (χ4v) is 2.12. The molecule has 0 radical (unpaired) electrons. The van der Waals surface area contributed by atoms with Crippen LogP contribution < -0.4 is 5.32 Å². The van der Waals surface area contributed by atoms with Gasteiger partial charge in [-0.25, -0.2) is 4.39 Å². The third-order valence-electron chi connectivity index (χ3n) is 2.46. The van der Waals surface area contributed by atoms with Crippen molar-refractivity contribution in [2.24, 2.45) is 0 Å². The molecule has 1 aromatic heterocycles. The molecule has 0 amide bonds. The molecule has 1 heterocycles. The van der Waals surface area contributed by atoms with Crippen LogP contribution in [0.15, 0.2) is 24.3 Å². The fraction of sp³-hybridized carbons (Fsp3) is 0.385. The van der Waals surface area contributed by atoms with Crippen LogP contribution in [0, 0.1) is 5.82 Å². The Labute approximate surface area is 110 Å². The zero-order chi connectivity index (χ0) is 13.2. The molecule has 0 atom stereocenters. The lowest BCUT2D eigenvalue weighted by Crippen LogP contribution is -2.34. The maximum atomic E-state index is 13.7. The minimum absolute atomic E-state index is 0.0104. The van der Waals surface area contributed by atoms with Crippen molar-refractivity contribution in [1.82, 2.24) is 14.9 Å². The molecule has 2 rings (SSSR count). The van der Waals surface area contributed by atoms with Crippen LogP contribution in [0.3, 0.4) is 0 Å². The van der Waals surface area contributed by atoms with E-state index in [0.717, 1.165) is 4.88 Å². The Morgan fingerprint density at radius 1 is 1.28 bits per heavy atom. The van der Waals surface area contributed by atoms with Gasteiger partial charge in [-0.1, -0.05) is 16.6 Å². The Kier molecular flexibility index (Phi) is 3.73. The molecule has 18 heavy (non-hydrogen) atoms. The quantitative estimate of drug-likeness (QED) is 0.926. The number of rotatable bonds is 3. The number of benzene rings is 1. The second-order valence-electron chi connectivity index (χ2n) is 5.13. The molecular formula is C13H16FN3S. The molecule has 0 aliphatic heterocycles. The predicted molar refractivity (Wildman–Crippen MR) is 71.9 cm³/mol. The number of halogens is 1. The van der Waals surface area contributed by atoms with E-state index in [-0.39, 0.29) is 11.4 Å². The van der Waals surface area contributed by atoms with Gasteiger partial charge in [0.15, 0.2) is 0 Å². The highest BCUT2D eigenvalue weighted by Crippen LogP contribution is 2.26. The number of nitrogens with zero attached hydrogens (tertiary/aromatic N) is 2. The number of aromatic nitrogens is 2. The molecule has 1 aromatic carbocycles. The molecule has 0 fully saturated rings. The van der Waals surface area contributed by atoms with Gasteiger partial charge >= 0.3 is 0 Å². The molecule has 0 bridgehead atoms. The SMILES string of the molecule is CC(C)(C)NCc1snnc1-c1ccccc1F. The lowest BCUT2D eigenvalue weighted by Gasteiger charge is -2.19. The Balaban J connectivity index is 2.26. The van der Waals surface area contributed by atoms with Gasteiger partial charge < -0.3 is 5.32 Å². The summed E-state index contributed by atoms with van der Waals surface area (Å²) in [5, 5.41) is 7.40. The van der Waals surface area contributed by atoms with Gasteiger partial charge in [0.1, 0.15) is 11.5 Å². The summed E-state index contributed by atoms with van der Waals surface area (Å²) in [6.07, 6.45) is 0. The summed E-state index contributed by atoms with van der Waals surface area (Å²) in [5.41, 5.74) is 1.16. The summed E-state index contributed by atoms with van der Waals surface area (Å²) in [7, 11) is 0. The maximum absolute atomic E-state index is 13.7. The van der Waals surface area contributed by atoms with Crippen molar-refractivity contribution in [2.75, 3.05) is 0 Å². The summed E-state index contributed by atoms with van der Waals surface area (Å²) in [5.74, 6) is -0.262. The first-order chi connectivity index (χ1) is 8.47. The number of nitrogens with one attached hydrogen (secondary N) is 1. The van der Waals surface area contributed by atoms with E-state index in [9.17, 15) is 4.39 Å². The van der Waals surface area contributed by atoms with Gasteiger partial charge in [-0.05, 0) is 44.4 Å². The van der Waals surface area contributed by atoms with Crippen molar-refractivity contribution in [2.45, 2.75) is 32.9 Å². The molecule has 0 saturated carbocycles. The van der Waals surface area contributed by atoms with E-state index >= 15 is 0 Å². The highest BCUT2D eigenvalue weighted by Gasteiger charge is 2.16. The molecule has 5 heteroatoms. The van der Waals surface area contributed by atoms with Crippen molar-refractivity contribution in [3.8, 4) is 11.3 Å². The van der Waals surface area contributed by atoms with Crippen LogP contribution in [-0.2, 0) is 6.54 Å².